The number of anilines is 1. The van der Waals surface area contributed by atoms with E-state index in [1.165, 1.54) is 23.5 Å². The van der Waals surface area contributed by atoms with Crippen molar-refractivity contribution in [1.29, 1.82) is 0 Å². The third kappa shape index (κ3) is 5.82. The molecule has 1 N–H and O–H groups in total. The van der Waals surface area contributed by atoms with Crippen LogP contribution in [0.15, 0.2) is 39.9 Å². The number of rotatable bonds is 8. The van der Waals surface area contributed by atoms with Crippen molar-refractivity contribution >= 4 is 38.6 Å². The van der Waals surface area contributed by atoms with E-state index in [9.17, 15) is 23.3 Å². The predicted octanol–water partition coefficient (Wildman–Crippen LogP) is 1.85. The minimum atomic E-state index is -3.86. The van der Waals surface area contributed by atoms with Gasteiger partial charge in [0.2, 0.25) is 10.0 Å². The number of sulfonamides is 1. The van der Waals surface area contributed by atoms with Gasteiger partial charge in [-0.15, -0.1) is 0 Å². The van der Waals surface area contributed by atoms with Gasteiger partial charge in [0.15, 0.2) is 0 Å². The molecule has 0 spiro atoms. The molecular formula is C20H27N5O5S2. The fourth-order valence-electron chi connectivity index (χ4n) is 3.50. The van der Waals surface area contributed by atoms with Crippen molar-refractivity contribution in [3.63, 3.8) is 0 Å². The maximum atomic E-state index is 12.6. The van der Waals surface area contributed by atoms with Crippen LogP contribution in [0.5, 0.6) is 0 Å². The number of hydrogen-bond acceptors (Lipinski definition) is 8. The quantitative estimate of drug-likeness (QED) is 0.452. The number of nitro benzene ring substituents is 1. The van der Waals surface area contributed by atoms with Crippen molar-refractivity contribution < 1.29 is 18.1 Å². The molecule has 12 heteroatoms. The van der Waals surface area contributed by atoms with E-state index in [0.29, 0.717) is 50.4 Å². The molecule has 0 radical (unpaired) electrons. The minimum Gasteiger partial charge on any atom is -0.364 e. The zero-order valence-corrected chi connectivity index (χ0v) is 19.7. The molecule has 1 amide bonds. The van der Waals surface area contributed by atoms with Gasteiger partial charge in [0.25, 0.3) is 11.6 Å². The van der Waals surface area contributed by atoms with E-state index >= 15 is 0 Å². The Bertz CT molecular complexity index is 1060. The molecule has 1 aromatic carbocycles. The summed E-state index contributed by atoms with van der Waals surface area (Å²) in [7, 11) is -0.216. The summed E-state index contributed by atoms with van der Waals surface area (Å²) in [6, 6.07) is 5.76. The molecular weight excluding hydrogens is 454 g/mol. The molecule has 32 heavy (non-hydrogen) atoms. The predicted molar refractivity (Wildman–Crippen MR) is 124 cm³/mol. The van der Waals surface area contributed by atoms with Crippen LogP contribution in [0.2, 0.25) is 0 Å². The SMILES string of the molecule is CN(C)CCNS(=O)(=O)c1ccc(N2CCCN(C(=O)c3ccsc3)CC2)c([N+](=O)[O-])c1. The van der Waals surface area contributed by atoms with E-state index in [2.05, 4.69) is 4.72 Å². The summed E-state index contributed by atoms with van der Waals surface area (Å²) >= 11 is 1.46. The highest BCUT2D eigenvalue weighted by Crippen LogP contribution is 2.31. The van der Waals surface area contributed by atoms with Crippen LogP contribution in [0.25, 0.3) is 0 Å². The standard InChI is InChI=1S/C20H27N5O5S2/c1-22(2)10-7-21-32(29,30)17-4-5-18(19(14-17)25(27)28)23-8-3-9-24(12-11-23)20(26)16-6-13-31-15-16/h4-6,13-15,21H,3,7-12H2,1-2H3. The van der Waals surface area contributed by atoms with Crippen LogP contribution < -0.4 is 9.62 Å². The van der Waals surface area contributed by atoms with E-state index in [0.717, 1.165) is 6.07 Å². The van der Waals surface area contributed by atoms with Crippen molar-refractivity contribution in [1.82, 2.24) is 14.5 Å². The van der Waals surface area contributed by atoms with Gasteiger partial charge in [0.1, 0.15) is 5.69 Å². The van der Waals surface area contributed by atoms with Crippen LogP contribution in [0.1, 0.15) is 16.8 Å². The zero-order chi connectivity index (χ0) is 23.3. The van der Waals surface area contributed by atoms with Crippen LogP contribution in [0.3, 0.4) is 0 Å². The molecule has 3 rings (SSSR count). The Balaban J connectivity index is 1.77. The Morgan fingerprint density at radius 1 is 1.22 bits per heavy atom. The van der Waals surface area contributed by atoms with Crippen LogP contribution >= 0.6 is 11.3 Å². The second-order valence-electron chi connectivity index (χ2n) is 7.75. The van der Waals surface area contributed by atoms with Crippen LogP contribution in [0, 0.1) is 10.1 Å². The number of nitrogens with one attached hydrogen (secondary N) is 1. The van der Waals surface area contributed by atoms with Gasteiger partial charge in [-0.25, -0.2) is 13.1 Å². The maximum Gasteiger partial charge on any atom is 0.293 e. The first kappa shape index (κ1) is 24.1. The molecule has 0 atom stereocenters. The molecule has 10 nitrogen and oxygen atoms in total. The summed E-state index contributed by atoms with van der Waals surface area (Å²) in [6.45, 7) is 2.64. The minimum absolute atomic E-state index is 0.0483. The lowest BCUT2D eigenvalue weighted by Gasteiger charge is -2.23. The Labute approximate surface area is 191 Å². The van der Waals surface area contributed by atoms with Crippen molar-refractivity contribution in [2.75, 3.05) is 58.3 Å². The van der Waals surface area contributed by atoms with Crippen LogP contribution in [-0.4, -0.2) is 82.4 Å². The third-order valence-electron chi connectivity index (χ3n) is 5.20. The molecule has 1 saturated heterocycles. The fraction of sp³-hybridized carbons (Fsp3) is 0.450. The van der Waals surface area contributed by atoms with E-state index in [1.54, 1.807) is 11.0 Å². The topological polar surface area (TPSA) is 116 Å². The Morgan fingerprint density at radius 2 is 2.00 bits per heavy atom. The first-order valence-electron chi connectivity index (χ1n) is 10.2. The summed E-state index contributed by atoms with van der Waals surface area (Å²) in [6.07, 6.45) is 0.652. The number of carbonyl (C=O) groups is 1. The monoisotopic (exact) mass is 481 g/mol. The van der Waals surface area contributed by atoms with E-state index < -0.39 is 14.9 Å². The first-order chi connectivity index (χ1) is 15.2. The number of amides is 1. The Morgan fingerprint density at radius 3 is 2.66 bits per heavy atom. The lowest BCUT2D eigenvalue weighted by atomic mass is 10.2. The molecule has 1 aliphatic heterocycles. The van der Waals surface area contributed by atoms with Crippen LogP contribution in [-0.2, 0) is 10.0 Å². The van der Waals surface area contributed by atoms with Gasteiger partial charge in [-0.05, 0) is 44.1 Å². The number of hydrogen-bond donors (Lipinski definition) is 1. The smallest absolute Gasteiger partial charge is 0.293 e. The largest absolute Gasteiger partial charge is 0.364 e. The number of nitro groups is 1. The molecule has 174 valence electrons. The average molecular weight is 482 g/mol. The summed E-state index contributed by atoms with van der Waals surface area (Å²) in [5.74, 6) is -0.0483. The molecule has 0 bridgehead atoms. The highest BCUT2D eigenvalue weighted by Gasteiger charge is 2.27. The van der Waals surface area contributed by atoms with Gasteiger partial charge >= 0.3 is 0 Å². The lowest BCUT2D eigenvalue weighted by molar-refractivity contribution is -0.384. The van der Waals surface area contributed by atoms with Crippen LogP contribution in [0.4, 0.5) is 11.4 Å². The number of nitrogens with zero attached hydrogens (tertiary/aromatic N) is 4. The van der Waals surface area contributed by atoms with Crippen molar-refractivity contribution in [3.8, 4) is 0 Å². The second-order valence-corrected chi connectivity index (χ2v) is 10.3. The van der Waals surface area contributed by atoms with Gasteiger partial charge in [0, 0.05) is 50.7 Å². The molecule has 1 aromatic heterocycles. The summed E-state index contributed by atoms with van der Waals surface area (Å²) in [5, 5.41) is 15.4. The van der Waals surface area contributed by atoms with Gasteiger partial charge < -0.3 is 14.7 Å². The van der Waals surface area contributed by atoms with E-state index in [-0.39, 0.29) is 23.0 Å². The molecule has 2 aromatic rings. The number of carbonyl (C=O) groups excluding carboxylic acids is 1. The number of likely N-dealkylation sites (N-methyl/N-ethyl adjacent to an activating group) is 1. The Hall–Kier alpha value is -2.54. The van der Waals surface area contributed by atoms with Gasteiger partial charge in [-0.2, -0.15) is 11.3 Å². The number of thiophene rings is 1. The summed E-state index contributed by atoms with van der Waals surface area (Å²) in [5.41, 5.74) is 0.732. The summed E-state index contributed by atoms with van der Waals surface area (Å²) in [4.78, 5) is 29.1. The molecule has 2 heterocycles. The fourth-order valence-corrected chi connectivity index (χ4v) is 5.17. The van der Waals surface area contributed by atoms with Gasteiger partial charge in [-0.1, -0.05) is 0 Å². The summed E-state index contributed by atoms with van der Waals surface area (Å²) < 4.78 is 27.6. The highest BCUT2D eigenvalue weighted by atomic mass is 32.2. The van der Waals surface area contributed by atoms with E-state index in [4.69, 9.17) is 0 Å². The molecule has 1 aliphatic rings. The van der Waals surface area contributed by atoms with Crippen molar-refractivity contribution in [3.05, 3.63) is 50.7 Å². The lowest BCUT2D eigenvalue weighted by Crippen LogP contribution is -2.35. The third-order valence-corrected chi connectivity index (χ3v) is 7.34. The molecule has 0 saturated carbocycles. The number of benzene rings is 1. The van der Waals surface area contributed by atoms with Crippen molar-refractivity contribution in [2.24, 2.45) is 0 Å². The maximum absolute atomic E-state index is 12.6. The average Bonchev–Trinajstić information content (AvgIpc) is 3.17. The van der Waals surface area contributed by atoms with Gasteiger partial charge in [-0.3, -0.25) is 14.9 Å². The first-order valence-corrected chi connectivity index (χ1v) is 12.6. The molecule has 0 unspecified atom stereocenters. The molecule has 0 aliphatic carbocycles. The Kier molecular flexibility index (Phi) is 7.82. The van der Waals surface area contributed by atoms with Crippen molar-refractivity contribution in [2.45, 2.75) is 11.3 Å². The normalized spacial score (nSPS) is 15.1. The molecule has 1 fully saturated rings. The second kappa shape index (κ2) is 10.4. The zero-order valence-electron chi connectivity index (χ0n) is 18.1. The van der Waals surface area contributed by atoms with Gasteiger partial charge in [0.05, 0.1) is 15.4 Å². The highest BCUT2D eigenvalue weighted by molar-refractivity contribution is 7.89. The van der Waals surface area contributed by atoms with E-state index in [1.807, 2.05) is 34.7 Å².